The molecule has 0 spiro atoms. The number of aldehydes is 1. The summed E-state index contributed by atoms with van der Waals surface area (Å²) in [5, 5.41) is 4.56. The molecule has 0 bridgehead atoms. The van der Waals surface area contributed by atoms with Gasteiger partial charge in [-0.1, -0.05) is 12.5 Å². The summed E-state index contributed by atoms with van der Waals surface area (Å²) in [6.45, 7) is 2.31. The van der Waals surface area contributed by atoms with Crippen LogP contribution in [-0.2, 0) is 11.2 Å². The molecule has 2 atom stereocenters. The van der Waals surface area contributed by atoms with E-state index in [1.807, 2.05) is 29.2 Å². The molecule has 0 N–H and O–H groups in total. The van der Waals surface area contributed by atoms with E-state index < -0.39 is 0 Å². The molecule has 22 heavy (non-hydrogen) atoms. The Morgan fingerprint density at radius 1 is 1.45 bits per heavy atom. The summed E-state index contributed by atoms with van der Waals surface area (Å²) in [5.41, 5.74) is 5.03. The van der Waals surface area contributed by atoms with E-state index in [-0.39, 0.29) is 5.41 Å². The van der Waals surface area contributed by atoms with Crippen molar-refractivity contribution in [3.05, 3.63) is 47.6 Å². The van der Waals surface area contributed by atoms with E-state index in [2.05, 4.69) is 23.1 Å². The third kappa shape index (κ3) is 1.86. The van der Waals surface area contributed by atoms with Crippen LogP contribution in [0, 0.1) is 11.3 Å². The van der Waals surface area contributed by atoms with Gasteiger partial charge in [0.1, 0.15) is 6.29 Å². The predicted molar refractivity (Wildman–Crippen MR) is 84.6 cm³/mol. The minimum Gasteiger partial charge on any atom is -0.303 e. The maximum Gasteiger partial charge on any atom is 0.120 e. The third-order valence-electron chi connectivity index (χ3n) is 5.42. The fourth-order valence-corrected chi connectivity index (χ4v) is 4.11. The predicted octanol–water partition coefficient (Wildman–Crippen LogP) is 3.21. The molecule has 1 fully saturated rings. The molecule has 2 heterocycles. The summed E-state index contributed by atoms with van der Waals surface area (Å²) in [7, 11) is 0. The van der Waals surface area contributed by atoms with Crippen LogP contribution in [-0.4, -0.2) is 21.1 Å². The first kappa shape index (κ1) is 13.4. The Kier molecular flexibility index (Phi) is 2.99. The summed E-state index contributed by atoms with van der Waals surface area (Å²) < 4.78 is 1.97. The molecule has 4 rings (SSSR count). The van der Waals surface area contributed by atoms with Gasteiger partial charge >= 0.3 is 0 Å². The Balaban J connectivity index is 1.77. The van der Waals surface area contributed by atoms with Crippen LogP contribution in [0.15, 0.2) is 36.3 Å². The quantitative estimate of drug-likeness (QED) is 0.816. The fraction of sp³-hybridized carbons (Fsp3) is 0.389. The van der Waals surface area contributed by atoms with Crippen LogP contribution in [0.25, 0.3) is 11.8 Å². The van der Waals surface area contributed by atoms with Crippen molar-refractivity contribution in [2.45, 2.75) is 32.6 Å². The molecule has 4 heteroatoms. The second-order valence-electron chi connectivity index (χ2n) is 6.58. The highest BCUT2D eigenvalue weighted by Gasteiger charge is 2.45. The number of pyridine rings is 1. The van der Waals surface area contributed by atoms with Crippen molar-refractivity contribution in [1.82, 2.24) is 14.8 Å². The molecular weight excluding hydrogens is 274 g/mol. The van der Waals surface area contributed by atoms with Crippen LogP contribution in [0.3, 0.4) is 0 Å². The topological polar surface area (TPSA) is 47.8 Å². The van der Waals surface area contributed by atoms with Gasteiger partial charge < -0.3 is 4.79 Å². The maximum atomic E-state index is 11.0. The SMILES string of the molecule is C[C@]12Cc3cnn(-c4cccnc4)c3C=C1CC[C@@H]2CC=O. The Morgan fingerprint density at radius 3 is 3.14 bits per heavy atom. The first-order chi connectivity index (χ1) is 10.7. The van der Waals surface area contributed by atoms with E-state index in [0.29, 0.717) is 12.3 Å². The molecular formula is C18H19N3O. The van der Waals surface area contributed by atoms with Crippen molar-refractivity contribution in [2.24, 2.45) is 11.3 Å². The van der Waals surface area contributed by atoms with Crippen molar-refractivity contribution in [3.8, 4) is 5.69 Å². The van der Waals surface area contributed by atoms with Gasteiger partial charge in [-0.05, 0) is 54.4 Å². The molecule has 0 amide bonds. The van der Waals surface area contributed by atoms with E-state index in [0.717, 1.165) is 31.2 Å². The summed E-state index contributed by atoms with van der Waals surface area (Å²) >= 11 is 0. The van der Waals surface area contributed by atoms with Gasteiger partial charge in [-0.2, -0.15) is 5.10 Å². The van der Waals surface area contributed by atoms with Crippen LogP contribution in [0.2, 0.25) is 0 Å². The van der Waals surface area contributed by atoms with E-state index in [1.165, 1.54) is 16.8 Å². The lowest BCUT2D eigenvalue weighted by Crippen LogP contribution is -2.29. The Morgan fingerprint density at radius 2 is 2.36 bits per heavy atom. The normalized spacial score (nSPS) is 26.2. The first-order valence-corrected chi connectivity index (χ1v) is 7.84. The van der Waals surface area contributed by atoms with Crippen LogP contribution >= 0.6 is 0 Å². The molecule has 0 aromatic carbocycles. The zero-order valence-corrected chi connectivity index (χ0v) is 12.7. The zero-order chi connectivity index (χ0) is 15.2. The van der Waals surface area contributed by atoms with Crippen molar-refractivity contribution < 1.29 is 4.79 Å². The molecule has 1 saturated carbocycles. The molecule has 2 aromatic rings. The number of fused-ring (bicyclic) bond motifs is 2. The second kappa shape index (κ2) is 4.90. The van der Waals surface area contributed by atoms with E-state index >= 15 is 0 Å². The van der Waals surface area contributed by atoms with Crippen molar-refractivity contribution >= 4 is 12.4 Å². The average molecular weight is 293 g/mol. The van der Waals surface area contributed by atoms with Crippen LogP contribution in [0.4, 0.5) is 0 Å². The van der Waals surface area contributed by atoms with Gasteiger partial charge in [-0.15, -0.1) is 0 Å². The lowest BCUT2D eigenvalue weighted by atomic mass is 9.69. The summed E-state index contributed by atoms with van der Waals surface area (Å²) in [5.74, 6) is 0.464. The van der Waals surface area contributed by atoms with E-state index in [1.54, 1.807) is 6.20 Å². The molecule has 0 radical (unpaired) electrons. The van der Waals surface area contributed by atoms with Crippen molar-refractivity contribution in [1.29, 1.82) is 0 Å². The minimum atomic E-state index is 0.122. The minimum absolute atomic E-state index is 0.122. The number of allylic oxidation sites excluding steroid dienone is 1. The second-order valence-corrected chi connectivity index (χ2v) is 6.58. The van der Waals surface area contributed by atoms with Gasteiger partial charge in [-0.25, -0.2) is 4.68 Å². The van der Waals surface area contributed by atoms with Gasteiger partial charge in [0, 0.05) is 12.6 Å². The molecule has 2 aromatic heterocycles. The Bertz CT molecular complexity index is 747. The lowest BCUT2D eigenvalue weighted by Gasteiger charge is -2.35. The number of carbonyl (C=O) groups is 1. The van der Waals surface area contributed by atoms with Crippen LogP contribution in [0.5, 0.6) is 0 Å². The van der Waals surface area contributed by atoms with Gasteiger partial charge in [0.25, 0.3) is 0 Å². The highest BCUT2D eigenvalue weighted by Crippen LogP contribution is 2.53. The van der Waals surface area contributed by atoms with E-state index in [9.17, 15) is 4.79 Å². The summed E-state index contributed by atoms with van der Waals surface area (Å²) in [6, 6.07) is 3.95. The highest BCUT2D eigenvalue weighted by atomic mass is 16.1. The first-order valence-electron chi connectivity index (χ1n) is 7.84. The standard InChI is InChI=1S/C18H19N3O/c1-18-10-13-11-20-21(16-3-2-7-19-12-16)17(13)9-15(18)5-4-14(18)6-8-22/h2-3,7-9,11-12,14H,4-6,10H2,1H3/t14-,18-/m1/s1. The summed E-state index contributed by atoms with van der Waals surface area (Å²) in [6.07, 6.45) is 12.8. The molecule has 2 aliphatic carbocycles. The van der Waals surface area contributed by atoms with Crippen molar-refractivity contribution in [3.63, 3.8) is 0 Å². The number of nitrogens with zero attached hydrogens (tertiary/aromatic N) is 3. The fourth-order valence-electron chi connectivity index (χ4n) is 4.11. The van der Waals surface area contributed by atoms with Gasteiger partial charge in [0.05, 0.1) is 23.8 Å². The third-order valence-corrected chi connectivity index (χ3v) is 5.42. The van der Waals surface area contributed by atoms with Crippen LogP contribution < -0.4 is 0 Å². The number of carbonyl (C=O) groups excluding carboxylic acids is 1. The van der Waals surface area contributed by atoms with Crippen LogP contribution in [0.1, 0.15) is 37.4 Å². The number of rotatable bonds is 3. The highest BCUT2D eigenvalue weighted by molar-refractivity contribution is 5.62. The van der Waals surface area contributed by atoms with E-state index in [4.69, 9.17) is 0 Å². The Hall–Kier alpha value is -2.23. The Labute approximate surface area is 129 Å². The molecule has 4 nitrogen and oxygen atoms in total. The van der Waals surface area contributed by atoms with Crippen molar-refractivity contribution in [2.75, 3.05) is 0 Å². The average Bonchev–Trinajstić information content (AvgIpc) is 3.07. The smallest absolute Gasteiger partial charge is 0.120 e. The molecule has 0 saturated heterocycles. The summed E-state index contributed by atoms with van der Waals surface area (Å²) in [4.78, 5) is 15.2. The zero-order valence-electron chi connectivity index (χ0n) is 12.7. The largest absolute Gasteiger partial charge is 0.303 e. The maximum absolute atomic E-state index is 11.0. The van der Waals surface area contributed by atoms with Gasteiger partial charge in [-0.3, -0.25) is 4.98 Å². The molecule has 0 aliphatic heterocycles. The lowest BCUT2D eigenvalue weighted by molar-refractivity contribution is -0.109. The number of hydrogen-bond donors (Lipinski definition) is 0. The molecule has 0 unspecified atom stereocenters. The van der Waals surface area contributed by atoms with Gasteiger partial charge in [0.2, 0.25) is 0 Å². The molecule has 112 valence electrons. The monoisotopic (exact) mass is 293 g/mol. The number of aromatic nitrogens is 3. The van der Waals surface area contributed by atoms with Gasteiger partial charge in [0.15, 0.2) is 0 Å². The number of hydrogen-bond acceptors (Lipinski definition) is 3. The molecule has 2 aliphatic rings.